The van der Waals surface area contributed by atoms with Crippen LogP contribution in [0.5, 0.6) is 0 Å². The van der Waals surface area contributed by atoms with Crippen molar-refractivity contribution in [1.82, 2.24) is 0 Å². The predicted molar refractivity (Wildman–Crippen MR) is 90.1 cm³/mol. The summed E-state index contributed by atoms with van der Waals surface area (Å²) in [6.07, 6.45) is 0. The molecule has 116 valence electrons. The Morgan fingerprint density at radius 3 is 2.14 bits per heavy atom. The summed E-state index contributed by atoms with van der Waals surface area (Å²) in [5.74, 6) is 0.869. The van der Waals surface area contributed by atoms with E-state index in [2.05, 4.69) is 11.6 Å². The zero-order chi connectivity index (χ0) is 16.2. The van der Waals surface area contributed by atoms with Gasteiger partial charge in [0.1, 0.15) is 0 Å². The first-order chi connectivity index (χ1) is 10.4. The number of rotatable bonds is 6. The summed E-state index contributed by atoms with van der Waals surface area (Å²) in [7, 11) is -3.65. The third-order valence-corrected chi connectivity index (χ3v) is 5.28. The smallest absolute Gasteiger partial charge is 0.261 e. The summed E-state index contributed by atoms with van der Waals surface area (Å²) in [6.45, 7) is 3.50. The number of carbonyl (C=O) groups excluding carboxylic acids is 1. The Labute approximate surface area is 135 Å². The maximum absolute atomic E-state index is 12.3. The molecule has 0 heterocycles. The second-order valence-electron chi connectivity index (χ2n) is 4.64. The molecule has 0 aliphatic carbocycles. The fourth-order valence-corrected chi connectivity index (χ4v) is 3.59. The van der Waals surface area contributed by atoms with Crippen molar-refractivity contribution in [1.29, 1.82) is 0 Å². The number of benzene rings is 2. The summed E-state index contributed by atoms with van der Waals surface area (Å²) in [4.78, 5) is 12.4. The van der Waals surface area contributed by atoms with Crippen LogP contribution < -0.4 is 4.72 Å². The summed E-state index contributed by atoms with van der Waals surface area (Å²) in [5, 5.41) is 0. The van der Waals surface area contributed by atoms with E-state index in [0.717, 1.165) is 10.6 Å². The van der Waals surface area contributed by atoms with Gasteiger partial charge in [0.2, 0.25) is 0 Å². The maximum atomic E-state index is 12.3. The Kier molecular flexibility index (Phi) is 5.26. The van der Waals surface area contributed by atoms with Crippen LogP contribution in [0.15, 0.2) is 58.3 Å². The van der Waals surface area contributed by atoms with Crippen LogP contribution in [-0.2, 0) is 10.0 Å². The standard InChI is InChI=1S/C16H17NO3S2/c1-3-21-15-8-6-14(7-9-15)17-22(19,20)16-10-4-13(5-11-16)12(2)18/h4-11,17H,3H2,1-2H3. The molecular weight excluding hydrogens is 318 g/mol. The van der Waals surface area contributed by atoms with Crippen LogP contribution in [0.3, 0.4) is 0 Å². The number of carbonyl (C=O) groups is 1. The summed E-state index contributed by atoms with van der Waals surface area (Å²) in [5.41, 5.74) is 0.996. The minimum absolute atomic E-state index is 0.0964. The Morgan fingerprint density at radius 2 is 1.64 bits per heavy atom. The largest absolute Gasteiger partial charge is 0.295 e. The van der Waals surface area contributed by atoms with Gasteiger partial charge in [-0.05, 0) is 49.1 Å². The number of hydrogen-bond donors (Lipinski definition) is 1. The molecule has 0 amide bonds. The van der Waals surface area contributed by atoms with Crippen molar-refractivity contribution in [2.45, 2.75) is 23.6 Å². The molecule has 0 unspecified atom stereocenters. The quantitative estimate of drug-likeness (QED) is 0.644. The van der Waals surface area contributed by atoms with Crippen LogP contribution in [-0.4, -0.2) is 20.0 Å². The Morgan fingerprint density at radius 1 is 1.05 bits per heavy atom. The lowest BCUT2D eigenvalue weighted by molar-refractivity contribution is 0.101. The molecule has 22 heavy (non-hydrogen) atoms. The normalized spacial score (nSPS) is 11.2. The van der Waals surface area contributed by atoms with Crippen LogP contribution in [0.4, 0.5) is 5.69 Å². The highest BCUT2D eigenvalue weighted by Gasteiger charge is 2.14. The molecule has 0 spiro atoms. The van der Waals surface area contributed by atoms with E-state index in [1.165, 1.54) is 31.2 Å². The van der Waals surface area contributed by atoms with Crippen LogP contribution in [0.2, 0.25) is 0 Å². The van der Waals surface area contributed by atoms with Crippen molar-refractivity contribution in [3.05, 3.63) is 54.1 Å². The second-order valence-corrected chi connectivity index (χ2v) is 7.66. The van der Waals surface area contributed by atoms with E-state index in [4.69, 9.17) is 0 Å². The van der Waals surface area contributed by atoms with Gasteiger partial charge < -0.3 is 0 Å². The molecule has 0 saturated carbocycles. The van der Waals surface area contributed by atoms with Gasteiger partial charge in [-0.1, -0.05) is 19.1 Å². The van der Waals surface area contributed by atoms with E-state index in [9.17, 15) is 13.2 Å². The first-order valence-electron chi connectivity index (χ1n) is 6.79. The van der Waals surface area contributed by atoms with Crippen LogP contribution in [0, 0.1) is 0 Å². The summed E-state index contributed by atoms with van der Waals surface area (Å²) < 4.78 is 27.1. The summed E-state index contributed by atoms with van der Waals surface area (Å²) in [6, 6.07) is 13.1. The van der Waals surface area contributed by atoms with Gasteiger partial charge in [-0.25, -0.2) is 8.42 Å². The van der Waals surface area contributed by atoms with Gasteiger partial charge in [-0.2, -0.15) is 0 Å². The third kappa shape index (κ3) is 4.11. The van der Waals surface area contributed by atoms with Gasteiger partial charge in [0.05, 0.1) is 4.90 Å². The predicted octanol–water partition coefficient (Wildman–Crippen LogP) is 3.80. The molecule has 2 aromatic rings. The molecular formula is C16H17NO3S2. The average Bonchev–Trinajstić information content (AvgIpc) is 2.49. The maximum Gasteiger partial charge on any atom is 0.261 e. The van der Waals surface area contributed by atoms with Gasteiger partial charge in [0, 0.05) is 16.1 Å². The molecule has 0 atom stereocenters. The Bertz CT molecular complexity index is 751. The van der Waals surface area contributed by atoms with Crippen LogP contribution in [0.25, 0.3) is 0 Å². The average molecular weight is 335 g/mol. The van der Waals surface area contributed by atoms with Crippen LogP contribution >= 0.6 is 11.8 Å². The number of hydrogen-bond acceptors (Lipinski definition) is 4. The molecule has 2 rings (SSSR count). The lowest BCUT2D eigenvalue weighted by atomic mass is 10.2. The fourth-order valence-electron chi connectivity index (χ4n) is 1.87. The van der Waals surface area contributed by atoms with E-state index in [0.29, 0.717) is 11.3 Å². The monoisotopic (exact) mass is 335 g/mol. The topological polar surface area (TPSA) is 63.2 Å². The molecule has 0 aliphatic heterocycles. The fraction of sp³-hybridized carbons (Fsp3) is 0.188. The van der Waals surface area contributed by atoms with Crippen molar-refractivity contribution < 1.29 is 13.2 Å². The van der Waals surface area contributed by atoms with Crippen molar-refractivity contribution in [2.75, 3.05) is 10.5 Å². The zero-order valence-electron chi connectivity index (χ0n) is 12.4. The van der Waals surface area contributed by atoms with E-state index >= 15 is 0 Å². The Hall–Kier alpha value is -1.79. The minimum Gasteiger partial charge on any atom is -0.295 e. The third-order valence-electron chi connectivity index (χ3n) is 2.99. The second kappa shape index (κ2) is 6.98. The minimum atomic E-state index is -3.65. The molecule has 1 N–H and O–H groups in total. The highest BCUT2D eigenvalue weighted by Crippen LogP contribution is 2.22. The molecule has 6 heteroatoms. The molecule has 4 nitrogen and oxygen atoms in total. The van der Waals surface area contributed by atoms with Gasteiger partial charge in [-0.15, -0.1) is 11.8 Å². The zero-order valence-corrected chi connectivity index (χ0v) is 14.0. The van der Waals surface area contributed by atoms with Gasteiger partial charge in [0.25, 0.3) is 10.0 Å². The molecule has 0 saturated heterocycles. The Balaban J connectivity index is 2.18. The highest BCUT2D eigenvalue weighted by molar-refractivity contribution is 7.99. The highest BCUT2D eigenvalue weighted by atomic mass is 32.2. The van der Waals surface area contributed by atoms with E-state index in [-0.39, 0.29) is 10.7 Å². The number of thioether (sulfide) groups is 1. The van der Waals surface area contributed by atoms with Gasteiger partial charge >= 0.3 is 0 Å². The van der Waals surface area contributed by atoms with Crippen molar-refractivity contribution in [3.8, 4) is 0 Å². The van der Waals surface area contributed by atoms with E-state index < -0.39 is 10.0 Å². The molecule has 0 bridgehead atoms. The first-order valence-corrected chi connectivity index (χ1v) is 9.26. The van der Waals surface area contributed by atoms with E-state index in [1.54, 1.807) is 23.9 Å². The van der Waals surface area contributed by atoms with Gasteiger partial charge in [-0.3, -0.25) is 9.52 Å². The first kappa shape index (κ1) is 16.6. The number of nitrogens with one attached hydrogen (secondary N) is 1. The number of anilines is 1. The van der Waals surface area contributed by atoms with Gasteiger partial charge in [0.15, 0.2) is 5.78 Å². The number of sulfonamides is 1. The summed E-state index contributed by atoms with van der Waals surface area (Å²) >= 11 is 1.69. The SMILES string of the molecule is CCSc1ccc(NS(=O)(=O)c2ccc(C(C)=O)cc2)cc1. The van der Waals surface area contributed by atoms with Crippen molar-refractivity contribution in [3.63, 3.8) is 0 Å². The molecule has 0 aliphatic rings. The van der Waals surface area contributed by atoms with Crippen molar-refractivity contribution in [2.24, 2.45) is 0 Å². The molecule has 0 radical (unpaired) electrons. The molecule has 0 aromatic heterocycles. The lowest BCUT2D eigenvalue weighted by Crippen LogP contribution is -2.13. The number of Topliss-reactive ketones (excluding diaryl/α,β-unsaturated/α-hetero) is 1. The number of ketones is 1. The molecule has 0 fully saturated rings. The van der Waals surface area contributed by atoms with Crippen LogP contribution in [0.1, 0.15) is 24.2 Å². The van der Waals surface area contributed by atoms with Crippen molar-refractivity contribution >= 4 is 33.3 Å². The lowest BCUT2D eigenvalue weighted by Gasteiger charge is -2.09. The van der Waals surface area contributed by atoms with E-state index in [1.807, 2.05) is 12.1 Å². The molecule has 2 aromatic carbocycles.